The molecule has 1 aliphatic rings. The van der Waals surface area contributed by atoms with Gasteiger partial charge in [-0.25, -0.2) is 0 Å². The minimum atomic E-state index is -1.04. The van der Waals surface area contributed by atoms with Gasteiger partial charge in [0, 0.05) is 31.7 Å². The monoisotopic (exact) mass is 634 g/mol. The van der Waals surface area contributed by atoms with E-state index in [9.17, 15) is 24.3 Å². The first-order valence-corrected chi connectivity index (χ1v) is 15.5. The van der Waals surface area contributed by atoms with Crippen LogP contribution in [-0.4, -0.2) is 66.5 Å². The Kier molecular flexibility index (Phi) is 10.9. The summed E-state index contributed by atoms with van der Waals surface area (Å²) >= 11 is 0. The average Bonchev–Trinajstić information content (AvgIpc) is 3.08. The molecule has 1 saturated heterocycles. The lowest BCUT2D eigenvalue weighted by Crippen LogP contribution is -2.49. The van der Waals surface area contributed by atoms with Crippen molar-refractivity contribution in [2.24, 2.45) is 0 Å². The molecular weight excluding hydrogens is 596 g/mol. The number of nitrogens with zero attached hydrogens (tertiary/aromatic N) is 2. The van der Waals surface area contributed by atoms with Gasteiger partial charge in [0.1, 0.15) is 5.75 Å². The summed E-state index contributed by atoms with van der Waals surface area (Å²) in [5, 5.41) is 15.3. The first-order valence-electron chi connectivity index (χ1n) is 15.5. The Morgan fingerprint density at radius 3 is 2.15 bits per heavy atom. The van der Waals surface area contributed by atoms with Gasteiger partial charge < -0.3 is 30.3 Å². The number of hydrogen-bond acceptors (Lipinski definition) is 6. The first-order chi connectivity index (χ1) is 22.7. The molecule has 1 heterocycles. The van der Waals surface area contributed by atoms with Gasteiger partial charge in [0.15, 0.2) is 6.61 Å². The number of nitrogens with one attached hydrogen (secondary N) is 2. The number of carboxylic acids is 1. The third-order valence-corrected chi connectivity index (χ3v) is 7.98. The van der Waals surface area contributed by atoms with E-state index < -0.39 is 23.8 Å². The van der Waals surface area contributed by atoms with Gasteiger partial charge in [0.25, 0.3) is 11.8 Å². The maximum absolute atomic E-state index is 13.5. The highest BCUT2D eigenvalue weighted by atomic mass is 16.5. The molecule has 47 heavy (non-hydrogen) atoms. The Morgan fingerprint density at radius 1 is 0.830 bits per heavy atom. The maximum atomic E-state index is 13.5. The molecule has 3 N–H and O–H groups in total. The third kappa shape index (κ3) is 9.20. The van der Waals surface area contributed by atoms with E-state index in [0.717, 1.165) is 11.1 Å². The number of carbonyl (C=O) groups is 4. The Hall–Kier alpha value is -5.64. The lowest BCUT2D eigenvalue weighted by Gasteiger charge is -2.37. The second kappa shape index (κ2) is 15.6. The molecule has 0 bridgehead atoms. The van der Waals surface area contributed by atoms with E-state index in [1.54, 1.807) is 42.5 Å². The van der Waals surface area contributed by atoms with Crippen molar-refractivity contribution in [2.75, 3.05) is 43.0 Å². The van der Waals surface area contributed by atoms with Crippen LogP contribution in [0.25, 0.3) is 0 Å². The van der Waals surface area contributed by atoms with E-state index in [0.29, 0.717) is 55.3 Å². The lowest BCUT2D eigenvalue weighted by molar-refractivity contribution is -0.137. The summed E-state index contributed by atoms with van der Waals surface area (Å²) in [4.78, 5) is 55.0. The van der Waals surface area contributed by atoms with Crippen molar-refractivity contribution in [1.82, 2.24) is 10.2 Å². The molecule has 4 aromatic rings. The van der Waals surface area contributed by atoms with Gasteiger partial charge in [0.2, 0.25) is 5.91 Å². The molecule has 3 amide bonds. The maximum Gasteiger partial charge on any atom is 0.305 e. The fraction of sp³-hybridized carbons (Fsp3) is 0.243. The van der Waals surface area contributed by atoms with E-state index in [1.807, 2.05) is 72.5 Å². The molecule has 0 saturated carbocycles. The van der Waals surface area contributed by atoms with Crippen molar-refractivity contribution in [3.05, 3.63) is 125 Å². The van der Waals surface area contributed by atoms with Gasteiger partial charge in [-0.05, 0) is 48.4 Å². The number of carboxylic acid groups (broad SMARTS) is 1. The predicted octanol–water partition coefficient (Wildman–Crippen LogP) is 4.85. The molecule has 5 rings (SSSR count). The lowest BCUT2D eigenvalue weighted by atomic mass is 10.0. The Morgan fingerprint density at radius 2 is 1.49 bits per heavy atom. The summed E-state index contributed by atoms with van der Waals surface area (Å²) in [5.41, 5.74) is 4.02. The molecule has 1 aliphatic heterocycles. The summed E-state index contributed by atoms with van der Waals surface area (Å²) in [7, 11) is 0. The second-order valence-corrected chi connectivity index (χ2v) is 11.4. The molecule has 10 nitrogen and oxygen atoms in total. The quantitative estimate of drug-likeness (QED) is 0.203. The van der Waals surface area contributed by atoms with Crippen molar-refractivity contribution in [3.63, 3.8) is 0 Å². The van der Waals surface area contributed by atoms with Crippen molar-refractivity contribution in [2.45, 2.75) is 25.8 Å². The van der Waals surface area contributed by atoms with Crippen LogP contribution in [0.5, 0.6) is 5.75 Å². The molecule has 0 aliphatic carbocycles. The van der Waals surface area contributed by atoms with Crippen LogP contribution in [-0.2, 0) is 20.8 Å². The molecule has 0 radical (unpaired) electrons. The van der Waals surface area contributed by atoms with Crippen LogP contribution in [0.1, 0.15) is 39.5 Å². The molecule has 0 spiro atoms. The normalized spacial score (nSPS) is 13.4. The Balaban J connectivity index is 1.32. The number of hydrogen-bond donors (Lipinski definition) is 3. The van der Waals surface area contributed by atoms with Crippen LogP contribution in [0.3, 0.4) is 0 Å². The number of anilines is 2. The Labute approximate surface area is 274 Å². The number of piperazine rings is 1. The second-order valence-electron chi connectivity index (χ2n) is 11.4. The Bertz CT molecular complexity index is 1690. The smallest absolute Gasteiger partial charge is 0.305 e. The number of aryl methyl sites for hydroxylation is 1. The molecule has 1 unspecified atom stereocenters. The number of aliphatic carboxylic acids is 1. The van der Waals surface area contributed by atoms with Crippen LogP contribution in [0, 0.1) is 6.92 Å². The molecular formula is C37H38N4O6. The van der Waals surface area contributed by atoms with Crippen LogP contribution in [0.4, 0.5) is 11.4 Å². The predicted molar refractivity (Wildman–Crippen MR) is 180 cm³/mol. The summed E-state index contributed by atoms with van der Waals surface area (Å²) in [6, 6.07) is 30.2. The van der Waals surface area contributed by atoms with E-state index in [2.05, 4.69) is 15.5 Å². The van der Waals surface area contributed by atoms with Crippen LogP contribution >= 0.6 is 0 Å². The van der Waals surface area contributed by atoms with E-state index in [-0.39, 0.29) is 24.5 Å². The number of rotatable bonds is 12. The van der Waals surface area contributed by atoms with E-state index in [4.69, 9.17) is 4.74 Å². The molecule has 10 heteroatoms. The molecule has 0 aromatic heterocycles. The standard InChI is InChI=1S/C37H38N4O6/c1-26-12-14-28(15-13-26)31(24-36(44)45)39-37(46)29-16-17-33(32(23-29)38-34(42)25-47-30-10-6-3-7-11-30)40-18-20-41(21-19-40)35(43)22-27-8-4-2-5-9-27/h2-17,23,31H,18-22,24-25H2,1H3,(H,38,42)(H,39,46)(H,44,45). The first kappa shape index (κ1) is 32.7. The van der Waals surface area contributed by atoms with Gasteiger partial charge >= 0.3 is 5.97 Å². The highest BCUT2D eigenvalue weighted by molar-refractivity contribution is 6.00. The van der Waals surface area contributed by atoms with E-state index >= 15 is 0 Å². The number of para-hydroxylation sites is 1. The largest absolute Gasteiger partial charge is 0.484 e. The van der Waals surface area contributed by atoms with Gasteiger partial charge in [-0.1, -0.05) is 78.4 Å². The van der Waals surface area contributed by atoms with Crippen molar-refractivity contribution >= 4 is 35.1 Å². The van der Waals surface area contributed by atoms with Crippen molar-refractivity contribution < 1.29 is 29.0 Å². The van der Waals surface area contributed by atoms with Crippen molar-refractivity contribution in [3.8, 4) is 5.75 Å². The highest BCUT2D eigenvalue weighted by Crippen LogP contribution is 2.29. The zero-order valence-electron chi connectivity index (χ0n) is 26.2. The van der Waals surface area contributed by atoms with Gasteiger partial charge in [0.05, 0.1) is 30.3 Å². The summed E-state index contributed by atoms with van der Waals surface area (Å²) < 4.78 is 5.63. The zero-order valence-corrected chi connectivity index (χ0v) is 26.2. The molecule has 242 valence electrons. The number of amides is 3. The third-order valence-electron chi connectivity index (χ3n) is 7.98. The fourth-order valence-corrected chi connectivity index (χ4v) is 5.45. The molecule has 1 atom stereocenters. The van der Waals surface area contributed by atoms with Crippen LogP contribution in [0.15, 0.2) is 103 Å². The molecule has 4 aromatic carbocycles. The topological polar surface area (TPSA) is 128 Å². The van der Waals surface area contributed by atoms with Gasteiger partial charge in [-0.15, -0.1) is 0 Å². The summed E-state index contributed by atoms with van der Waals surface area (Å²) in [6.45, 7) is 3.76. The summed E-state index contributed by atoms with van der Waals surface area (Å²) in [5.74, 6) is -1.32. The number of benzene rings is 4. The average molecular weight is 635 g/mol. The SMILES string of the molecule is Cc1ccc(C(CC(=O)O)NC(=O)c2ccc(N3CCN(C(=O)Cc4ccccc4)CC3)c(NC(=O)COc3ccccc3)c2)cc1. The highest BCUT2D eigenvalue weighted by Gasteiger charge is 2.25. The summed E-state index contributed by atoms with van der Waals surface area (Å²) in [6.07, 6.45) is 0.0411. The minimum Gasteiger partial charge on any atom is -0.484 e. The van der Waals surface area contributed by atoms with Crippen LogP contribution in [0.2, 0.25) is 0 Å². The van der Waals surface area contributed by atoms with Gasteiger partial charge in [-0.3, -0.25) is 19.2 Å². The van der Waals surface area contributed by atoms with E-state index in [1.165, 1.54) is 0 Å². The number of ether oxygens (including phenoxy) is 1. The fourth-order valence-electron chi connectivity index (χ4n) is 5.45. The molecule has 1 fully saturated rings. The number of carbonyl (C=O) groups excluding carboxylic acids is 3. The van der Waals surface area contributed by atoms with Crippen molar-refractivity contribution in [1.29, 1.82) is 0 Å². The minimum absolute atomic E-state index is 0.0546. The van der Waals surface area contributed by atoms with Gasteiger partial charge in [-0.2, -0.15) is 0 Å². The van der Waals surface area contributed by atoms with Crippen LogP contribution < -0.4 is 20.3 Å². The zero-order chi connectivity index (χ0) is 33.2.